The van der Waals surface area contributed by atoms with Crippen LogP contribution in [0.2, 0.25) is 0 Å². The van der Waals surface area contributed by atoms with Gasteiger partial charge >= 0.3 is 0 Å². The Morgan fingerprint density at radius 1 is 1.62 bits per heavy atom. The molecule has 0 spiro atoms. The Morgan fingerprint density at radius 3 is 2.69 bits per heavy atom. The molecule has 13 heavy (non-hydrogen) atoms. The van der Waals surface area contributed by atoms with E-state index in [9.17, 15) is 9.18 Å². The molecule has 0 aromatic carbocycles. The molecule has 1 aliphatic heterocycles. The van der Waals surface area contributed by atoms with E-state index in [4.69, 9.17) is 5.11 Å². The second-order valence-electron chi connectivity index (χ2n) is 4.08. The Hall–Kier alpha value is -0.640. The number of hydrogen-bond acceptors (Lipinski definition) is 2. The minimum absolute atomic E-state index is 0.0462. The number of aliphatic hydroxyl groups excluding tert-OH is 1. The SMILES string of the molecule is O=C(N1CC[C@@H](F)C1)C1(CO)CC1. The van der Waals surface area contributed by atoms with Gasteiger partial charge in [-0.15, -0.1) is 0 Å². The predicted octanol–water partition coefficient (Wildman–Crippen LogP) is 0.329. The molecule has 1 saturated carbocycles. The van der Waals surface area contributed by atoms with Crippen LogP contribution in [0.3, 0.4) is 0 Å². The molecule has 2 aliphatic rings. The van der Waals surface area contributed by atoms with Gasteiger partial charge in [0.25, 0.3) is 0 Å². The maximum absolute atomic E-state index is 12.8. The van der Waals surface area contributed by atoms with Gasteiger partial charge in [0.1, 0.15) is 6.17 Å². The van der Waals surface area contributed by atoms with E-state index in [0.717, 1.165) is 12.8 Å². The van der Waals surface area contributed by atoms with E-state index in [0.29, 0.717) is 13.0 Å². The van der Waals surface area contributed by atoms with Gasteiger partial charge in [-0.25, -0.2) is 4.39 Å². The van der Waals surface area contributed by atoms with Crippen LogP contribution >= 0.6 is 0 Å². The van der Waals surface area contributed by atoms with Crippen molar-refractivity contribution in [2.75, 3.05) is 19.7 Å². The Balaban J connectivity index is 1.98. The standard InChI is InChI=1S/C9H14FNO2/c10-7-1-4-11(5-7)8(13)9(6-12)2-3-9/h7,12H,1-6H2/t7-/m1/s1. The molecule has 0 radical (unpaired) electrons. The van der Waals surface area contributed by atoms with Crippen molar-refractivity contribution >= 4 is 5.91 Å². The Kier molecular flexibility index (Phi) is 2.02. The highest BCUT2D eigenvalue weighted by Crippen LogP contribution is 2.47. The van der Waals surface area contributed by atoms with Crippen LogP contribution in [0.1, 0.15) is 19.3 Å². The van der Waals surface area contributed by atoms with Gasteiger partial charge in [0.05, 0.1) is 18.6 Å². The predicted molar refractivity (Wildman–Crippen MR) is 44.8 cm³/mol. The summed E-state index contributed by atoms with van der Waals surface area (Å²) in [6, 6.07) is 0. The molecule has 1 aliphatic carbocycles. The first-order chi connectivity index (χ1) is 6.18. The fourth-order valence-corrected chi connectivity index (χ4v) is 1.83. The minimum Gasteiger partial charge on any atom is -0.395 e. The van der Waals surface area contributed by atoms with E-state index >= 15 is 0 Å². The van der Waals surface area contributed by atoms with Gasteiger partial charge in [0.2, 0.25) is 5.91 Å². The summed E-state index contributed by atoms with van der Waals surface area (Å²) in [6.45, 7) is 0.654. The second kappa shape index (κ2) is 2.94. The normalized spacial score (nSPS) is 30.6. The molecular weight excluding hydrogens is 173 g/mol. The average molecular weight is 187 g/mol. The van der Waals surface area contributed by atoms with E-state index in [1.165, 1.54) is 0 Å². The smallest absolute Gasteiger partial charge is 0.231 e. The lowest BCUT2D eigenvalue weighted by Crippen LogP contribution is -2.37. The maximum atomic E-state index is 12.8. The molecule has 0 bridgehead atoms. The molecular formula is C9H14FNO2. The number of amides is 1. The van der Waals surface area contributed by atoms with E-state index < -0.39 is 11.6 Å². The molecule has 1 saturated heterocycles. The van der Waals surface area contributed by atoms with Crippen LogP contribution in [0.5, 0.6) is 0 Å². The molecule has 2 rings (SSSR count). The zero-order valence-corrected chi connectivity index (χ0v) is 7.50. The Bertz CT molecular complexity index is 228. The number of likely N-dealkylation sites (tertiary alicyclic amines) is 1. The molecule has 0 aromatic rings. The first kappa shape index (κ1) is 8.94. The number of carbonyl (C=O) groups excluding carboxylic acids is 1. The van der Waals surface area contributed by atoms with Gasteiger partial charge in [0.15, 0.2) is 0 Å². The minimum atomic E-state index is -0.863. The maximum Gasteiger partial charge on any atom is 0.231 e. The van der Waals surface area contributed by atoms with Crippen molar-refractivity contribution in [1.82, 2.24) is 4.90 Å². The van der Waals surface area contributed by atoms with E-state index in [-0.39, 0.29) is 19.1 Å². The zero-order chi connectivity index (χ0) is 9.47. The Morgan fingerprint density at radius 2 is 2.31 bits per heavy atom. The van der Waals surface area contributed by atoms with Crippen molar-refractivity contribution in [1.29, 1.82) is 0 Å². The molecule has 1 heterocycles. The molecule has 2 fully saturated rings. The number of rotatable bonds is 2. The molecule has 1 N–H and O–H groups in total. The highest BCUT2D eigenvalue weighted by atomic mass is 19.1. The van der Waals surface area contributed by atoms with Gasteiger partial charge in [-0.1, -0.05) is 0 Å². The zero-order valence-electron chi connectivity index (χ0n) is 7.50. The molecule has 0 aromatic heterocycles. The number of aliphatic hydroxyl groups is 1. The number of nitrogens with zero attached hydrogens (tertiary/aromatic N) is 1. The Labute approximate surface area is 76.5 Å². The highest BCUT2D eigenvalue weighted by molar-refractivity contribution is 5.85. The number of alkyl halides is 1. The lowest BCUT2D eigenvalue weighted by molar-refractivity contribution is -0.137. The van der Waals surface area contributed by atoms with E-state index in [1.807, 2.05) is 0 Å². The van der Waals surface area contributed by atoms with Crippen LogP contribution in [-0.4, -0.2) is 41.8 Å². The average Bonchev–Trinajstić information content (AvgIpc) is 2.82. The van der Waals surface area contributed by atoms with Crippen molar-refractivity contribution in [3.05, 3.63) is 0 Å². The second-order valence-corrected chi connectivity index (χ2v) is 4.08. The van der Waals surface area contributed by atoms with Gasteiger partial charge in [-0.3, -0.25) is 4.79 Å². The number of halogens is 1. The van der Waals surface area contributed by atoms with E-state index in [2.05, 4.69) is 0 Å². The summed E-state index contributed by atoms with van der Waals surface area (Å²) < 4.78 is 12.8. The van der Waals surface area contributed by atoms with Crippen LogP contribution in [0.15, 0.2) is 0 Å². The molecule has 4 heteroatoms. The van der Waals surface area contributed by atoms with Crippen LogP contribution in [0.4, 0.5) is 4.39 Å². The molecule has 1 atom stereocenters. The summed E-state index contributed by atoms with van der Waals surface area (Å²) in [5, 5.41) is 9.01. The monoisotopic (exact) mass is 187 g/mol. The summed E-state index contributed by atoms with van der Waals surface area (Å²) in [5.41, 5.74) is -0.524. The third kappa shape index (κ3) is 1.43. The summed E-state index contributed by atoms with van der Waals surface area (Å²) >= 11 is 0. The summed E-state index contributed by atoms with van der Waals surface area (Å²) in [7, 11) is 0. The molecule has 74 valence electrons. The fraction of sp³-hybridized carbons (Fsp3) is 0.889. The van der Waals surface area contributed by atoms with Crippen LogP contribution in [0, 0.1) is 5.41 Å². The van der Waals surface area contributed by atoms with E-state index in [1.54, 1.807) is 4.90 Å². The van der Waals surface area contributed by atoms with Crippen molar-refractivity contribution in [3.8, 4) is 0 Å². The first-order valence-electron chi connectivity index (χ1n) is 4.72. The molecule has 1 amide bonds. The summed E-state index contributed by atoms with van der Waals surface area (Å²) in [4.78, 5) is 13.3. The van der Waals surface area contributed by atoms with Crippen LogP contribution in [-0.2, 0) is 4.79 Å². The first-order valence-corrected chi connectivity index (χ1v) is 4.72. The largest absolute Gasteiger partial charge is 0.395 e. The molecule has 0 unspecified atom stereocenters. The van der Waals surface area contributed by atoms with Crippen molar-refractivity contribution in [3.63, 3.8) is 0 Å². The topological polar surface area (TPSA) is 40.5 Å². The quantitative estimate of drug-likeness (QED) is 0.676. The van der Waals surface area contributed by atoms with Gasteiger partial charge in [-0.05, 0) is 19.3 Å². The third-order valence-electron chi connectivity index (χ3n) is 3.03. The lowest BCUT2D eigenvalue weighted by Gasteiger charge is -2.20. The van der Waals surface area contributed by atoms with Crippen LogP contribution in [0.25, 0.3) is 0 Å². The van der Waals surface area contributed by atoms with Crippen molar-refractivity contribution < 1.29 is 14.3 Å². The number of carbonyl (C=O) groups is 1. The van der Waals surface area contributed by atoms with Gasteiger partial charge < -0.3 is 10.0 Å². The van der Waals surface area contributed by atoms with Crippen LogP contribution < -0.4 is 0 Å². The van der Waals surface area contributed by atoms with Crippen molar-refractivity contribution in [2.45, 2.75) is 25.4 Å². The lowest BCUT2D eigenvalue weighted by atomic mass is 10.1. The highest BCUT2D eigenvalue weighted by Gasteiger charge is 2.52. The molecule has 3 nitrogen and oxygen atoms in total. The van der Waals surface area contributed by atoms with Gasteiger partial charge in [-0.2, -0.15) is 0 Å². The van der Waals surface area contributed by atoms with Crippen molar-refractivity contribution in [2.24, 2.45) is 5.41 Å². The number of hydrogen-bond donors (Lipinski definition) is 1. The summed E-state index contributed by atoms with van der Waals surface area (Å²) in [6.07, 6.45) is 1.11. The third-order valence-corrected chi connectivity index (χ3v) is 3.03. The van der Waals surface area contributed by atoms with Gasteiger partial charge in [0, 0.05) is 6.54 Å². The fourth-order valence-electron chi connectivity index (χ4n) is 1.83. The summed E-state index contributed by atoms with van der Waals surface area (Å²) in [5.74, 6) is -0.0462.